The highest BCUT2D eigenvalue weighted by Crippen LogP contribution is 2.63. The molecule has 2 saturated carbocycles. The molecule has 4 unspecified atom stereocenters. The molecule has 4 heterocycles. The summed E-state index contributed by atoms with van der Waals surface area (Å²) in [6.07, 6.45) is 10.1. The van der Waals surface area contributed by atoms with Gasteiger partial charge in [0.1, 0.15) is 0 Å². The van der Waals surface area contributed by atoms with Gasteiger partial charge in [-0.2, -0.15) is 0 Å². The molecule has 16 rings (SSSR count). The third-order valence-corrected chi connectivity index (χ3v) is 26.5. The van der Waals surface area contributed by atoms with Crippen LogP contribution in [0.5, 0.6) is 0 Å². The average Bonchev–Trinajstić information content (AvgIpc) is 1.54. The second-order valence-corrected chi connectivity index (χ2v) is 35.0. The van der Waals surface area contributed by atoms with Gasteiger partial charge in [0, 0.05) is 90.1 Å². The van der Waals surface area contributed by atoms with Gasteiger partial charge in [-0.3, -0.25) is 0 Å². The van der Waals surface area contributed by atoms with Gasteiger partial charge in [0.05, 0.1) is 27.2 Å². The van der Waals surface area contributed by atoms with Crippen molar-refractivity contribution in [3.05, 3.63) is 259 Å². The molecule has 0 radical (unpaired) electrons. The van der Waals surface area contributed by atoms with Crippen molar-refractivity contribution >= 4 is 136 Å². The first kappa shape index (κ1) is 69.1. The highest BCUT2D eigenvalue weighted by atomic mass is 79.9. The van der Waals surface area contributed by atoms with Gasteiger partial charge in [0.25, 0.3) is 0 Å². The number of hydrogen-bond donors (Lipinski definition) is 1. The predicted octanol–water partition coefficient (Wildman–Crippen LogP) is 27.9. The Morgan fingerprint density at radius 3 is 1.38 bits per heavy atom. The Kier molecular flexibility index (Phi) is 18.5. The Labute approximate surface area is 606 Å². The molecule has 0 bridgehead atoms. The Morgan fingerprint density at radius 2 is 0.867 bits per heavy atom. The third-order valence-electron chi connectivity index (χ3n) is 22.9. The summed E-state index contributed by atoms with van der Waals surface area (Å²) in [7, 11) is 0. The Hall–Kier alpha value is -7.39. The minimum atomic E-state index is 0.0104. The molecular weight excluding hydrogens is 1320 g/mol. The molecule has 4 nitrogen and oxygen atoms in total. The maximum atomic E-state index is 6.38. The number of halogens is 2. The number of nitrogens with two attached hydrogens (primary N) is 1. The topological polar surface area (TPSA) is 35.7 Å². The lowest BCUT2D eigenvalue weighted by Gasteiger charge is -2.50. The largest absolute Gasteiger partial charge is 0.398 e. The summed E-state index contributed by atoms with van der Waals surface area (Å²) in [5.41, 5.74) is 29.8. The predicted molar refractivity (Wildman–Crippen MR) is 435 cm³/mol. The van der Waals surface area contributed by atoms with E-state index in [0.29, 0.717) is 0 Å². The maximum Gasteiger partial charge on any atom is 0.0640 e. The Balaban J connectivity index is 0.000000141. The van der Waals surface area contributed by atoms with Crippen LogP contribution in [0.25, 0.3) is 40.3 Å². The molecule has 0 saturated heterocycles. The van der Waals surface area contributed by atoms with E-state index in [1.807, 2.05) is 28.7 Å². The van der Waals surface area contributed by atoms with E-state index in [9.17, 15) is 0 Å². The molecule has 2 fully saturated rings. The summed E-state index contributed by atoms with van der Waals surface area (Å²) in [6, 6.07) is 71.8. The van der Waals surface area contributed by atoms with Crippen LogP contribution in [0.2, 0.25) is 5.02 Å². The number of benzene rings is 10. The fraction of sp³-hybridized carbons (Fsp3) is 0.333. The highest BCUT2D eigenvalue weighted by molar-refractivity contribution is 9.10. The van der Waals surface area contributed by atoms with Gasteiger partial charge >= 0.3 is 0 Å². The van der Waals surface area contributed by atoms with E-state index < -0.39 is 0 Å². The van der Waals surface area contributed by atoms with Gasteiger partial charge in [-0.05, 0) is 236 Å². The number of aryl methyl sites for hydroxylation is 6. The minimum absolute atomic E-state index is 0.0104. The molecule has 2 aliphatic carbocycles. The summed E-state index contributed by atoms with van der Waals surface area (Å²) in [5.74, 6) is 0. The van der Waals surface area contributed by atoms with E-state index in [0.717, 1.165) is 10.7 Å². The summed E-state index contributed by atoms with van der Waals surface area (Å²) >= 11 is 13.7. The van der Waals surface area contributed by atoms with Crippen molar-refractivity contribution in [2.75, 3.05) is 20.4 Å². The minimum Gasteiger partial charge on any atom is -0.398 e. The summed E-state index contributed by atoms with van der Waals surface area (Å²) in [5, 5.41) is 6.18. The first-order valence-corrected chi connectivity index (χ1v) is 38.3. The van der Waals surface area contributed by atoms with Crippen molar-refractivity contribution in [2.24, 2.45) is 0 Å². The van der Waals surface area contributed by atoms with E-state index in [4.69, 9.17) is 17.3 Å². The molecule has 2 aromatic heterocycles. The molecule has 0 spiro atoms. The van der Waals surface area contributed by atoms with Crippen LogP contribution < -0.4 is 20.4 Å². The van der Waals surface area contributed by atoms with E-state index in [-0.39, 0.29) is 32.7 Å². The normalized spacial score (nSPS) is 20.2. The zero-order chi connectivity index (χ0) is 69.6. The number of fused-ring (bicyclic) bond motifs is 12. The number of para-hydroxylation sites is 2. The molecule has 8 heteroatoms. The zero-order valence-electron chi connectivity index (χ0n) is 60.6. The lowest BCUT2D eigenvalue weighted by atomic mass is 9.61. The van der Waals surface area contributed by atoms with Gasteiger partial charge in [0.15, 0.2) is 0 Å². The smallest absolute Gasteiger partial charge is 0.0640 e. The lowest BCUT2D eigenvalue weighted by molar-refractivity contribution is 0.195. The van der Waals surface area contributed by atoms with Crippen molar-refractivity contribution in [1.82, 2.24) is 0 Å². The molecule has 12 aromatic rings. The van der Waals surface area contributed by atoms with E-state index in [1.54, 1.807) is 0 Å². The van der Waals surface area contributed by atoms with Crippen molar-refractivity contribution in [2.45, 2.75) is 195 Å². The van der Waals surface area contributed by atoms with E-state index >= 15 is 0 Å². The van der Waals surface area contributed by atoms with Crippen LogP contribution in [-0.4, -0.2) is 11.1 Å². The molecule has 504 valence electrons. The second kappa shape index (κ2) is 26.3. The van der Waals surface area contributed by atoms with Gasteiger partial charge < -0.3 is 20.4 Å². The number of thiophene rings is 2. The van der Waals surface area contributed by atoms with Crippen LogP contribution in [0.1, 0.15) is 176 Å². The third kappa shape index (κ3) is 12.1. The summed E-state index contributed by atoms with van der Waals surface area (Å²) in [4.78, 5) is 7.87. The quantitative estimate of drug-likeness (QED) is 0.174. The molecular formula is C90H98BrClN4S2. The average molecular weight is 1420 g/mol. The maximum absolute atomic E-state index is 6.38. The number of nitrogens with zero attached hydrogens (tertiary/aromatic N) is 3. The number of hydrogen-bond acceptors (Lipinski definition) is 6. The van der Waals surface area contributed by atoms with Crippen LogP contribution in [0.15, 0.2) is 199 Å². The van der Waals surface area contributed by atoms with Crippen LogP contribution in [0.4, 0.5) is 45.5 Å². The van der Waals surface area contributed by atoms with Crippen molar-refractivity contribution in [1.29, 1.82) is 0 Å². The van der Waals surface area contributed by atoms with Crippen LogP contribution in [-0.2, 0) is 21.7 Å². The first-order chi connectivity index (χ1) is 46.5. The standard InChI is InChI=1S/C45H48N2S.C21H24ClN.C12H7BrS.C12H19N/c1-29-24-33(28-34(25-29)47-38-19-11-10-18-37(38)44(7)22-13-14-23-45(44,47)8)46(41-30(2)26-32(27-31(41)3)43(4,5)6)39-20-15-17-36-35-16-9-12-21-40(35)48-42(36)39;1-15-12-16(22)14-17(13-15)23-19-9-5-4-8-18(19)20(2)10-6-7-11-21(20,23)3;13-10-6-3-5-9-8-4-1-2-7-11(8)14-12(9)10;1-8-6-10(12(3,4)5)7-9(2)11(8)13/h9-12,15-21,24-28H,13-14,22-23H2,1-8H3;4-5,8-9,12-14H,6-7,10-11H2,1-3H3;1-7H;6-7H,13H2,1-5H3. The summed E-state index contributed by atoms with van der Waals surface area (Å²) in [6.45, 7) is 36.7. The van der Waals surface area contributed by atoms with Crippen molar-refractivity contribution in [3.8, 4) is 0 Å². The van der Waals surface area contributed by atoms with Crippen LogP contribution in [0.3, 0.4) is 0 Å². The van der Waals surface area contributed by atoms with Gasteiger partial charge in [-0.1, -0.05) is 214 Å². The molecule has 98 heavy (non-hydrogen) atoms. The van der Waals surface area contributed by atoms with Crippen LogP contribution in [0, 0.1) is 41.5 Å². The number of anilines is 8. The number of nitrogen functional groups attached to an aromatic ring is 1. The lowest BCUT2D eigenvalue weighted by Crippen LogP contribution is -2.54. The van der Waals surface area contributed by atoms with Crippen molar-refractivity contribution < 1.29 is 0 Å². The molecule has 2 N–H and O–H groups in total. The van der Waals surface area contributed by atoms with Gasteiger partial charge in [-0.25, -0.2) is 0 Å². The molecule has 4 atom stereocenters. The fourth-order valence-corrected chi connectivity index (χ4v) is 20.4. The van der Waals surface area contributed by atoms with E-state index in [2.05, 4.69) is 329 Å². The Bertz CT molecular complexity index is 4960. The highest BCUT2D eigenvalue weighted by Gasteiger charge is 2.59. The van der Waals surface area contributed by atoms with E-state index in [1.165, 1.54) is 192 Å². The van der Waals surface area contributed by atoms with Crippen molar-refractivity contribution in [3.63, 3.8) is 0 Å². The molecule has 0 amide bonds. The molecule has 10 aromatic carbocycles. The SMILES string of the molecule is Brc1cccc2c1sc1ccccc12.Cc1cc(C(C)(C)C)cc(C)c1N.Cc1cc(Cl)cc(N2c3ccccc3C3(C)CCCCC23C)c1.Cc1cc(N(c2c(C)cc(C(C)(C)C)cc2C)c2cccc3c2sc2ccccc23)cc(N2c3ccccc3C3(C)CCCCC23C)c1. The molecule has 4 aliphatic rings. The fourth-order valence-electron chi connectivity index (χ4n) is 17.2. The number of rotatable bonds is 5. The summed E-state index contributed by atoms with van der Waals surface area (Å²) < 4.78 is 6.55. The first-order valence-electron chi connectivity index (χ1n) is 35.5. The van der Waals surface area contributed by atoms with Gasteiger partial charge in [-0.15, -0.1) is 22.7 Å². The monoisotopic (exact) mass is 1410 g/mol. The zero-order valence-corrected chi connectivity index (χ0v) is 64.6. The second-order valence-electron chi connectivity index (χ2n) is 31.6. The Morgan fingerprint density at radius 1 is 0.449 bits per heavy atom. The molecule has 2 aliphatic heterocycles. The van der Waals surface area contributed by atoms with Crippen LogP contribution >= 0.6 is 50.2 Å². The van der Waals surface area contributed by atoms with Gasteiger partial charge in [0.2, 0.25) is 0 Å².